The lowest BCUT2D eigenvalue weighted by molar-refractivity contribution is -0.122. The zero-order chi connectivity index (χ0) is 24.7. The molecule has 174 valence electrons. The number of thiocarbonyl (C=S) groups is 1. The van der Waals surface area contributed by atoms with Gasteiger partial charge < -0.3 is 9.47 Å². The molecule has 0 spiro atoms. The van der Waals surface area contributed by atoms with E-state index in [0.717, 1.165) is 39.5 Å². The number of anilines is 2. The lowest BCUT2D eigenvalue weighted by atomic mass is 10.0. The van der Waals surface area contributed by atoms with E-state index in [1.54, 1.807) is 6.08 Å². The van der Waals surface area contributed by atoms with Crippen LogP contribution in [-0.2, 0) is 9.59 Å². The molecule has 1 aliphatic heterocycles. The molecule has 2 amide bonds. The zero-order valence-corrected chi connectivity index (χ0v) is 21.1. The van der Waals surface area contributed by atoms with Gasteiger partial charge in [0, 0.05) is 36.9 Å². The first kappa shape index (κ1) is 23.4. The molecule has 1 aliphatic rings. The monoisotopic (exact) mass is 472 g/mol. The number of aryl methyl sites for hydroxylation is 3. The lowest BCUT2D eigenvalue weighted by Gasteiger charge is -2.30. The van der Waals surface area contributed by atoms with Crippen LogP contribution in [-0.4, -0.2) is 35.6 Å². The second kappa shape index (κ2) is 8.91. The van der Waals surface area contributed by atoms with E-state index in [2.05, 4.69) is 39.0 Å². The molecule has 1 saturated heterocycles. The largest absolute Gasteiger partial charge is 0.378 e. The number of hydrogen-bond acceptors (Lipinski definition) is 4. The van der Waals surface area contributed by atoms with Crippen molar-refractivity contribution in [1.29, 1.82) is 0 Å². The van der Waals surface area contributed by atoms with Crippen LogP contribution in [0.1, 0.15) is 28.1 Å². The Labute approximate surface area is 205 Å². The van der Waals surface area contributed by atoms with Gasteiger partial charge >= 0.3 is 0 Å². The lowest BCUT2D eigenvalue weighted by Crippen LogP contribution is -2.54. The van der Waals surface area contributed by atoms with Gasteiger partial charge in [-0.1, -0.05) is 12.1 Å². The number of rotatable bonds is 4. The van der Waals surface area contributed by atoms with Crippen molar-refractivity contribution in [3.8, 4) is 5.69 Å². The first-order chi connectivity index (χ1) is 16.1. The number of carbonyl (C=O) groups excluding carboxylic acids is 2. The Morgan fingerprint density at radius 3 is 2.26 bits per heavy atom. The molecule has 4 rings (SSSR count). The van der Waals surface area contributed by atoms with E-state index in [-0.39, 0.29) is 10.7 Å². The summed E-state index contributed by atoms with van der Waals surface area (Å²) in [5.74, 6) is -0.917. The van der Waals surface area contributed by atoms with Crippen molar-refractivity contribution in [3.63, 3.8) is 0 Å². The predicted molar refractivity (Wildman–Crippen MR) is 142 cm³/mol. The highest BCUT2D eigenvalue weighted by atomic mass is 32.1. The van der Waals surface area contributed by atoms with Crippen molar-refractivity contribution in [1.82, 2.24) is 9.88 Å². The maximum absolute atomic E-state index is 13.5. The zero-order valence-electron chi connectivity index (χ0n) is 20.3. The number of aromatic nitrogens is 1. The quantitative estimate of drug-likeness (QED) is 0.342. The van der Waals surface area contributed by atoms with Crippen molar-refractivity contribution in [2.75, 3.05) is 23.9 Å². The third-order valence-electron chi connectivity index (χ3n) is 6.10. The summed E-state index contributed by atoms with van der Waals surface area (Å²) in [6.07, 6.45) is 1.66. The average Bonchev–Trinajstić information content (AvgIpc) is 3.06. The first-order valence-electron chi connectivity index (χ1n) is 11.0. The Kier molecular flexibility index (Phi) is 6.15. The Balaban J connectivity index is 1.75. The second-order valence-electron chi connectivity index (χ2n) is 8.82. The summed E-state index contributed by atoms with van der Waals surface area (Å²) in [4.78, 5) is 29.7. The van der Waals surface area contributed by atoms with Gasteiger partial charge in [-0.05, 0) is 99.1 Å². The van der Waals surface area contributed by atoms with Gasteiger partial charge in [-0.25, -0.2) is 0 Å². The molecule has 0 radical (unpaired) electrons. The Bertz CT molecular complexity index is 1350. The third kappa shape index (κ3) is 4.15. The minimum atomic E-state index is -0.489. The maximum atomic E-state index is 13.5. The predicted octanol–water partition coefficient (Wildman–Crippen LogP) is 4.61. The van der Waals surface area contributed by atoms with Crippen LogP contribution in [0.3, 0.4) is 0 Å². The van der Waals surface area contributed by atoms with Crippen molar-refractivity contribution >= 4 is 46.6 Å². The molecular weight excluding hydrogens is 444 g/mol. The molecule has 0 unspecified atom stereocenters. The van der Waals surface area contributed by atoms with Crippen LogP contribution in [0.2, 0.25) is 0 Å². The molecule has 1 fully saturated rings. The van der Waals surface area contributed by atoms with Crippen LogP contribution in [0, 0.1) is 27.7 Å². The van der Waals surface area contributed by atoms with Crippen molar-refractivity contribution in [2.24, 2.45) is 0 Å². The van der Waals surface area contributed by atoms with Crippen LogP contribution < -0.4 is 15.1 Å². The Hall–Kier alpha value is -3.71. The van der Waals surface area contributed by atoms with Gasteiger partial charge in [0.1, 0.15) is 5.57 Å². The highest BCUT2D eigenvalue weighted by Crippen LogP contribution is 2.28. The van der Waals surface area contributed by atoms with E-state index in [9.17, 15) is 9.59 Å². The smallest absolute Gasteiger partial charge is 0.270 e. The van der Waals surface area contributed by atoms with E-state index in [0.29, 0.717) is 5.69 Å². The molecular formula is C27H28N4O2S. The molecule has 0 bridgehead atoms. The van der Waals surface area contributed by atoms with E-state index in [1.807, 2.05) is 66.1 Å². The second-order valence-corrected chi connectivity index (χ2v) is 9.21. The van der Waals surface area contributed by atoms with Gasteiger partial charge in [0.15, 0.2) is 5.11 Å². The van der Waals surface area contributed by atoms with E-state index in [1.165, 1.54) is 4.90 Å². The normalized spacial score (nSPS) is 15.2. The number of benzene rings is 2. The van der Waals surface area contributed by atoms with Gasteiger partial charge in [-0.2, -0.15) is 0 Å². The summed E-state index contributed by atoms with van der Waals surface area (Å²) in [7, 11) is 4.01. The highest BCUT2D eigenvalue weighted by Gasteiger charge is 2.35. The summed E-state index contributed by atoms with van der Waals surface area (Å²) >= 11 is 5.37. The summed E-state index contributed by atoms with van der Waals surface area (Å²) < 4.78 is 2.12. The molecule has 7 heteroatoms. The van der Waals surface area contributed by atoms with Crippen LogP contribution in [0.4, 0.5) is 11.4 Å². The van der Waals surface area contributed by atoms with Gasteiger partial charge in [0.05, 0.1) is 5.69 Å². The Morgan fingerprint density at radius 1 is 0.941 bits per heavy atom. The summed E-state index contributed by atoms with van der Waals surface area (Å²) in [5.41, 5.74) is 7.51. The van der Waals surface area contributed by atoms with Gasteiger partial charge in [-0.3, -0.25) is 19.8 Å². The number of amides is 2. The number of hydrogen-bond donors (Lipinski definition) is 1. The highest BCUT2D eigenvalue weighted by molar-refractivity contribution is 7.80. The molecule has 0 atom stereocenters. The Morgan fingerprint density at radius 2 is 1.62 bits per heavy atom. The topological polar surface area (TPSA) is 57.6 Å². The number of nitrogens with zero attached hydrogens (tertiary/aromatic N) is 3. The van der Waals surface area contributed by atoms with Gasteiger partial charge in [0.25, 0.3) is 11.8 Å². The fraction of sp³-hybridized carbons (Fsp3) is 0.222. The third-order valence-corrected chi connectivity index (χ3v) is 6.39. The molecule has 1 N–H and O–H groups in total. The average molecular weight is 473 g/mol. The maximum Gasteiger partial charge on any atom is 0.270 e. The minimum absolute atomic E-state index is 0.0534. The molecule has 1 aromatic heterocycles. The number of nitrogens with one attached hydrogen (secondary N) is 1. The van der Waals surface area contributed by atoms with Crippen LogP contribution in [0.25, 0.3) is 11.8 Å². The summed E-state index contributed by atoms with van der Waals surface area (Å²) in [6.45, 7) is 7.86. The van der Waals surface area contributed by atoms with Crippen molar-refractivity contribution in [3.05, 3.63) is 82.2 Å². The fourth-order valence-corrected chi connectivity index (χ4v) is 4.50. The van der Waals surface area contributed by atoms with Crippen molar-refractivity contribution < 1.29 is 9.59 Å². The van der Waals surface area contributed by atoms with Crippen molar-refractivity contribution in [2.45, 2.75) is 27.7 Å². The van der Waals surface area contributed by atoms with Crippen LogP contribution >= 0.6 is 12.2 Å². The van der Waals surface area contributed by atoms with Crippen LogP contribution in [0.15, 0.2) is 54.1 Å². The minimum Gasteiger partial charge on any atom is -0.378 e. The molecule has 2 heterocycles. The SMILES string of the molecule is Cc1ccc(C)c(N2C(=O)/C(=C/c3cc(C)n(-c4ccc(N(C)C)cc4)c3C)C(=O)NC2=S)c1. The molecule has 2 aromatic carbocycles. The fourth-order valence-electron chi connectivity index (χ4n) is 4.22. The molecule has 0 aliphatic carbocycles. The van der Waals surface area contributed by atoms with Gasteiger partial charge in [0.2, 0.25) is 0 Å². The molecule has 0 saturated carbocycles. The van der Waals surface area contributed by atoms with Gasteiger partial charge in [-0.15, -0.1) is 0 Å². The number of carbonyl (C=O) groups is 2. The molecule has 3 aromatic rings. The summed E-state index contributed by atoms with van der Waals surface area (Å²) in [6, 6.07) is 16.1. The van der Waals surface area contributed by atoms with Crippen LogP contribution in [0.5, 0.6) is 0 Å². The van der Waals surface area contributed by atoms with E-state index >= 15 is 0 Å². The molecule has 34 heavy (non-hydrogen) atoms. The standard InChI is InChI=1S/C27H28N4O2S/c1-16-7-8-17(2)24(13-16)31-26(33)23(25(32)28-27(31)34)15-20-14-18(3)30(19(20)4)22-11-9-21(10-12-22)29(5)6/h7-15H,1-6H3,(H,28,32,34)/b23-15+. The van der Waals surface area contributed by atoms with E-state index < -0.39 is 11.8 Å². The van der Waals surface area contributed by atoms with E-state index in [4.69, 9.17) is 12.2 Å². The summed E-state index contributed by atoms with van der Waals surface area (Å²) in [5, 5.41) is 2.77. The first-order valence-corrected chi connectivity index (χ1v) is 11.4. The molecule has 6 nitrogen and oxygen atoms in total.